The molecule has 0 unspecified atom stereocenters. The monoisotopic (exact) mass is 515 g/mol. The molecule has 2 aromatic carbocycles. The third-order valence-corrected chi connectivity index (χ3v) is 7.80. The number of hydrogen-bond acceptors (Lipinski definition) is 10. The standard InChI is InChI=1S/C27H33NO9/c1-35-25-20(30)16(12-28-9-7-15(8-10-28)11-14-5-3-2-4-6-14)18-19(22(25)32)24-26(37-27(18)34)23(33)21(31)17(13-29)36-24/h2-6,15,17,21,23-24,26,29-33H,7-13H2,1H3/t17-,21-,23+,24-,26+/m1/s1. The van der Waals surface area contributed by atoms with Crippen LogP contribution in [-0.4, -0.2) is 87.6 Å². The number of esters is 1. The number of fused-ring (bicyclic) bond motifs is 3. The quantitative estimate of drug-likeness (QED) is 0.356. The second kappa shape index (κ2) is 10.5. The number of aliphatic hydroxyl groups excluding tert-OH is 3. The molecule has 0 aliphatic carbocycles. The third-order valence-electron chi connectivity index (χ3n) is 7.80. The number of benzene rings is 2. The highest BCUT2D eigenvalue weighted by Gasteiger charge is 2.53. The molecular formula is C27H33NO9. The summed E-state index contributed by atoms with van der Waals surface area (Å²) >= 11 is 0. The molecule has 3 aliphatic rings. The Hall–Kier alpha value is -2.89. The SMILES string of the molecule is COc1c(O)c(CN2CCC(Cc3ccccc3)CC2)c2c(c1O)[C@H]1O[C@H](CO)[C@@H](O)[C@H](O)[C@@H]1OC2=O. The molecule has 10 heteroatoms. The predicted octanol–water partition coefficient (Wildman–Crippen LogP) is 1.25. The van der Waals surface area contributed by atoms with E-state index in [2.05, 4.69) is 17.0 Å². The van der Waals surface area contributed by atoms with Crippen LogP contribution in [0.3, 0.4) is 0 Å². The van der Waals surface area contributed by atoms with Crippen LogP contribution in [0.15, 0.2) is 30.3 Å². The molecule has 0 radical (unpaired) electrons. The average Bonchev–Trinajstić information content (AvgIpc) is 2.90. The van der Waals surface area contributed by atoms with Crippen molar-refractivity contribution in [1.29, 1.82) is 0 Å². The molecule has 3 aliphatic heterocycles. The molecule has 37 heavy (non-hydrogen) atoms. The predicted molar refractivity (Wildman–Crippen MR) is 130 cm³/mol. The lowest BCUT2D eigenvalue weighted by molar-refractivity contribution is -0.235. The van der Waals surface area contributed by atoms with Crippen LogP contribution in [0.5, 0.6) is 17.2 Å². The maximum absolute atomic E-state index is 13.2. The van der Waals surface area contributed by atoms with Crippen molar-refractivity contribution in [3.8, 4) is 17.2 Å². The van der Waals surface area contributed by atoms with Crippen LogP contribution >= 0.6 is 0 Å². The van der Waals surface area contributed by atoms with Crippen molar-refractivity contribution < 1.29 is 44.5 Å². The number of methoxy groups -OCH3 is 1. The third kappa shape index (κ3) is 4.64. The van der Waals surface area contributed by atoms with Gasteiger partial charge < -0.3 is 39.7 Å². The molecule has 2 saturated heterocycles. The van der Waals surface area contributed by atoms with Gasteiger partial charge in [0.2, 0.25) is 5.75 Å². The van der Waals surface area contributed by atoms with E-state index in [1.807, 2.05) is 18.2 Å². The lowest BCUT2D eigenvalue weighted by Gasteiger charge is -2.45. The fraction of sp³-hybridized carbons (Fsp3) is 0.519. The Kier molecular flexibility index (Phi) is 7.28. The molecule has 0 spiro atoms. The minimum atomic E-state index is -1.54. The molecule has 2 aromatic rings. The number of phenolic OH excluding ortho intramolecular Hbond substituents is 2. The summed E-state index contributed by atoms with van der Waals surface area (Å²) in [5, 5.41) is 52.5. The van der Waals surface area contributed by atoms with Gasteiger partial charge in [-0.2, -0.15) is 0 Å². The van der Waals surface area contributed by atoms with E-state index < -0.39 is 48.8 Å². The van der Waals surface area contributed by atoms with Crippen LogP contribution in [0, 0.1) is 5.92 Å². The van der Waals surface area contributed by atoms with Gasteiger partial charge in [-0.15, -0.1) is 0 Å². The lowest BCUT2D eigenvalue weighted by Crippen LogP contribution is -2.58. The van der Waals surface area contributed by atoms with Crippen molar-refractivity contribution in [3.05, 3.63) is 52.6 Å². The first-order chi connectivity index (χ1) is 17.8. The van der Waals surface area contributed by atoms with E-state index in [0.717, 1.165) is 32.4 Å². The van der Waals surface area contributed by atoms with Crippen LogP contribution < -0.4 is 4.74 Å². The fourth-order valence-electron chi connectivity index (χ4n) is 5.79. The number of likely N-dealkylation sites (tertiary alicyclic amines) is 1. The van der Waals surface area contributed by atoms with Gasteiger partial charge in [-0.25, -0.2) is 4.79 Å². The molecule has 0 bridgehead atoms. The van der Waals surface area contributed by atoms with Crippen molar-refractivity contribution in [2.24, 2.45) is 5.92 Å². The normalized spacial score (nSPS) is 28.3. The summed E-state index contributed by atoms with van der Waals surface area (Å²) in [6, 6.07) is 10.3. The summed E-state index contributed by atoms with van der Waals surface area (Å²) < 4.78 is 16.5. The van der Waals surface area contributed by atoms with Gasteiger partial charge in [-0.1, -0.05) is 30.3 Å². The largest absolute Gasteiger partial charge is 0.504 e. The highest BCUT2D eigenvalue weighted by Crippen LogP contribution is 2.52. The number of phenols is 2. The fourth-order valence-corrected chi connectivity index (χ4v) is 5.79. The number of piperidine rings is 1. The minimum absolute atomic E-state index is 0.00858. The highest BCUT2D eigenvalue weighted by molar-refractivity contribution is 5.97. The van der Waals surface area contributed by atoms with Crippen LogP contribution in [0.2, 0.25) is 0 Å². The van der Waals surface area contributed by atoms with Crippen LogP contribution in [-0.2, 0) is 22.4 Å². The molecule has 200 valence electrons. The molecule has 5 atom stereocenters. The Bertz CT molecular complexity index is 1130. The number of aromatic hydroxyl groups is 2. The van der Waals surface area contributed by atoms with Crippen molar-refractivity contribution in [2.45, 2.75) is 56.3 Å². The summed E-state index contributed by atoms with van der Waals surface area (Å²) in [5.74, 6) is -1.41. The zero-order valence-corrected chi connectivity index (χ0v) is 20.6. The molecule has 3 heterocycles. The van der Waals surface area contributed by atoms with E-state index in [1.165, 1.54) is 12.7 Å². The van der Waals surface area contributed by atoms with Crippen molar-refractivity contribution in [1.82, 2.24) is 4.90 Å². The molecule has 0 amide bonds. The maximum atomic E-state index is 13.2. The van der Waals surface area contributed by atoms with E-state index in [0.29, 0.717) is 5.92 Å². The molecule has 5 rings (SSSR count). The van der Waals surface area contributed by atoms with Crippen LogP contribution in [0.1, 0.15) is 46.0 Å². The van der Waals surface area contributed by atoms with Gasteiger partial charge in [-0.05, 0) is 43.8 Å². The van der Waals surface area contributed by atoms with Crippen molar-refractivity contribution in [3.63, 3.8) is 0 Å². The minimum Gasteiger partial charge on any atom is -0.504 e. The lowest BCUT2D eigenvalue weighted by atomic mass is 9.83. The zero-order chi connectivity index (χ0) is 26.3. The first-order valence-corrected chi connectivity index (χ1v) is 12.6. The van der Waals surface area contributed by atoms with E-state index in [4.69, 9.17) is 14.2 Å². The van der Waals surface area contributed by atoms with E-state index in [1.54, 1.807) is 0 Å². The molecule has 2 fully saturated rings. The second-order valence-corrected chi connectivity index (χ2v) is 10.0. The number of carbonyl (C=O) groups is 1. The Morgan fingerprint density at radius 2 is 1.76 bits per heavy atom. The smallest absolute Gasteiger partial charge is 0.339 e. The Balaban J connectivity index is 1.43. The second-order valence-electron chi connectivity index (χ2n) is 10.0. The molecule has 5 N–H and O–H groups in total. The van der Waals surface area contributed by atoms with Crippen molar-refractivity contribution >= 4 is 5.97 Å². The van der Waals surface area contributed by atoms with Crippen LogP contribution in [0.4, 0.5) is 0 Å². The van der Waals surface area contributed by atoms with Gasteiger partial charge in [0.1, 0.15) is 24.4 Å². The molecule has 0 saturated carbocycles. The van der Waals surface area contributed by atoms with E-state index >= 15 is 0 Å². The summed E-state index contributed by atoms with van der Waals surface area (Å²) in [4.78, 5) is 15.3. The number of aliphatic hydroxyl groups is 3. The van der Waals surface area contributed by atoms with E-state index in [-0.39, 0.29) is 34.7 Å². The Morgan fingerprint density at radius 1 is 1.05 bits per heavy atom. The number of hydrogen-bond donors (Lipinski definition) is 5. The highest BCUT2D eigenvalue weighted by atomic mass is 16.6. The number of rotatable bonds is 6. The van der Waals surface area contributed by atoms with Gasteiger partial charge in [0.05, 0.1) is 19.3 Å². The average molecular weight is 516 g/mol. The maximum Gasteiger partial charge on any atom is 0.339 e. The first-order valence-electron chi connectivity index (χ1n) is 12.6. The van der Waals surface area contributed by atoms with Gasteiger partial charge in [0, 0.05) is 17.7 Å². The number of carbonyl (C=O) groups excluding carboxylic acids is 1. The van der Waals surface area contributed by atoms with Crippen LogP contribution in [0.25, 0.3) is 0 Å². The summed E-state index contributed by atoms with van der Waals surface area (Å²) in [6.07, 6.45) is -3.77. The van der Waals surface area contributed by atoms with E-state index in [9.17, 15) is 30.3 Å². The first kappa shape index (κ1) is 25.7. The Labute approximate surface area is 214 Å². The zero-order valence-electron chi connectivity index (χ0n) is 20.6. The summed E-state index contributed by atoms with van der Waals surface area (Å²) in [6.45, 7) is 1.13. The van der Waals surface area contributed by atoms with Gasteiger partial charge >= 0.3 is 5.97 Å². The molecule has 10 nitrogen and oxygen atoms in total. The number of nitrogens with zero attached hydrogens (tertiary/aromatic N) is 1. The topological polar surface area (TPSA) is 149 Å². The Morgan fingerprint density at radius 3 is 2.41 bits per heavy atom. The number of ether oxygens (including phenoxy) is 3. The molecular weight excluding hydrogens is 482 g/mol. The summed E-state index contributed by atoms with van der Waals surface area (Å²) in [5.41, 5.74) is 1.49. The van der Waals surface area contributed by atoms with Gasteiger partial charge in [0.25, 0.3) is 0 Å². The van der Waals surface area contributed by atoms with Gasteiger partial charge in [0.15, 0.2) is 17.6 Å². The molecule has 0 aromatic heterocycles. The van der Waals surface area contributed by atoms with Crippen molar-refractivity contribution in [2.75, 3.05) is 26.8 Å². The summed E-state index contributed by atoms with van der Waals surface area (Å²) in [7, 11) is 1.29. The van der Waals surface area contributed by atoms with Gasteiger partial charge in [-0.3, -0.25) is 4.90 Å².